The van der Waals surface area contributed by atoms with E-state index in [9.17, 15) is 9.18 Å². The molecule has 0 radical (unpaired) electrons. The van der Waals surface area contributed by atoms with Gasteiger partial charge in [0.2, 0.25) is 11.1 Å². The number of carbonyl (C=O) groups is 1. The summed E-state index contributed by atoms with van der Waals surface area (Å²) in [6, 6.07) is 11.7. The number of nitrogens with zero attached hydrogens (tertiary/aromatic N) is 4. The summed E-state index contributed by atoms with van der Waals surface area (Å²) in [5, 5.41) is 14.2. The van der Waals surface area contributed by atoms with Gasteiger partial charge in [-0.25, -0.2) is 4.39 Å². The molecule has 3 aromatic rings. The van der Waals surface area contributed by atoms with Crippen LogP contribution in [0.25, 0.3) is 5.69 Å². The van der Waals surface area contributed by atoms with Crippen LogP contribution in [-0.4, -0.2) is 38.5 Å². The minimum absolute atomic E-state index is 0.134. The van der Waals surface area contributed by atoms with Gasteiger partial charge in [0.25, 0.3) is 0 Å². The minimum atomic E-state index is -0.551. The molecule has 2 aromatic carbocycles. The number of halogens is 1. The highest BCUT2D eigenvalue weighted by atomic mass is 32.2. The lowest BCUT2D eigenvalue weighted by molar-refractivity contribution is -0.115. The molecule has 0 saturated heterocycles. The average molecular weight is 387 g/mol. The number of anilines is 1. The molecule has 1 heterocycles. The highest BCUT2D eigenvalue weighted by Gasteiger charge is 2.21. The van der Waals surface area contributed by atoms with E-state index < -0.39 is 11.1 Å². The van der Waals surface area contributed by atoms with Gasteiger partial charge in [0.05, 0.1) is 18.0 Å². The van der Waals surface area contributed by atoms with Crippen LogP contribution >= 0.6 is 11.8 Å². The fourth-order valence-electron chi connectivity index (χ4n) is 2.38. The number of aryl methyl sites for hydroxylation is 1. The number of para-hydroxylation sites is 1. The molecule has 0 saturated carbocycles. The van der Waals surface area contributed by atoms with Crippen LogP contribution in [0.4, 0.5) is 10.1 Å². The van der Waals surface area contributed by atoms with E-state index >= 15 is 0 Å². The van der Waals surface area contributed by atoms with E-state index in [-0.39, 0.29) is 11.6 Å². The summed E-state index contributed by atoms with van der Waals surface area (Å²) in [5.74, 6) is -0.230. The van der Waals surface area contributed by atoms with E-state index in [1.54, 1.807) is 26.2 Å². The summed E-state index contributed by atoms with van der Waals surface area (Å²) < 4.78 is 20.6. The maximum absolute atomic E-state index is 13.7. The quantitative estimate of drug-likeness (QED) is 0.654. The summed E-state index contributed by atoms with van der Waals surface area (Å²) in [6.45, 7) is 3.65. The van der Waals surface area contributed by atoms with Gasteiger partial charge < -0.3 is 10.1 Å². The molecule has 1 aromatic heterocycles. The van der Waals surface area contributed by atoms with E-state index in [1.807, 2.05) is 25.1 Å². The third-order valence-electron chi connectivity index (χ3n) is 3.79. The van der Waals surface area contributed by atoms with Crippen molar-refractivity contribution in [2.24, 2.45) is 0 Å². The average Bonchev–Trinajstić information content (AvgIpc) is 3.11. The molecule has 0 aliphatic rings. The lowest BCUT2D eigenvalue weighted by Crippen LogP contribution is -2.23. The lowest BCUT2D eigenvalue weighted by atomic mass is 10.2. The van der Waals surface area contributed by atoms with E-state index in [0.29, 0.717) is 16.6 Å². The van der Waals surface area contributed by atoms with E-state index in [1.165, 1.54) is 28.6 Å². The maximum Gasteiger partial charge on any atom is 0.237 e. The van der Waals surface area contributed by atoms with Crippen molar-refractivity contribution >= 4 is 23.4 Å². The Morgan fingerprint density at radius 1 is 1.30 bits per heavy atom. The predicted molar refractivity (Wildman–Crippen MR) is 101 cm³/mol. The summed E-state index contributed by atoms with van der Waals surface area (Å²) >= 11 is 1.17. The zero-order chi connectivity index (χ0) is 19.4. The number of tetrazole rings is 1. The van der Waals surface area contributed by atoms with Crippen LogP contribution < -0.4 is 10.1 Å². The second-order valence-electron chi connectivity index (χ2n) is 5.78. The molecular weight excluding hydrogens is 369 g/mol. The lowest BCUT2D eigenvalue weighted by Gasteiger charge is -2.13. The first-order valence-corrected chi connectivity index (χ1v) is 9.03. The molecule has 1 N–H and O–H groups in total. The zero-order valence-corrected chi connectivity index (χ0v) is 15.8. The predicted octanol–water partition coefficient (Wildman–Crippen LogP) is 3.24. The molecule has 1 amide bonds. The zero-order valence-electron chi connectivity index (χ0n) is 15.0. The summed E-state index contributed by atoms with van der Waals surface area (Å²) in [6.07, 6.45) is 0. The van der Waals surface area contributed by atoms with Gasteiger partial charge in [0.1, 0.15) is 17.3 Å². The third kappa shape index (κ3) is 4.25. The van der Waals surface area contributed by atoms with Crippen LogP contribution in [0.3, 0.4) is 0 Å². The number of hydrogen-bond donors (Lipinski definition) is 1. The Hall–Kier alpha value is -2.94. The normalized spacial score (nSPS) is 11.9. The van der Waals surface area contributed by atoms with Gasteiger partial charge in [0.15, 0.2) is 0 Å². The van der Waals surface area contributed by atoms with Gasteiger partial charge in [-0.3, -0.25) is 4.79 Å². The SMILES string of the molecule is COc1ccc(C)cc1-n1nnnc1SC(C)C(=O)Nc1ccccc1F. The molecule has 0 spiro atoms. The molecular formula is C18H18FN5O2S. The number of methoxy groups -OCH3 is 1. The Morgan fingerprint density at radius 2 is 2.07 bits per heavy atom. The summed E-state index contributed by atoms with van der Waals surface area (Å²) in [4.78, 5) is 12.4. The first-order valence-electron chi connectivity index (χ1n) is 8.15. The molecule has 7 nitrogen and oxygen atoms in total. The molecule has 0 bridgehead atoms. The maximum atomic E-state index is 13.7. The molecule has 9 heteroatoms. The van der Waals surface area contributed by atoms with Gasteiger partial charge >= 0.3 is 0 Å². The Morgan fingerprint density at radius 3 is 2.81 bits per heavy atom. The van der Waals surface area contributed by atoms with Gasteiger partial charge in [-0.2, -0.15) is 4.68 Å². The van der Waals surface area contributed by atoms with Crippen LogP contribution in [0.2, 0.25) is 0 Å². The summed E-state index contributed by atoms with van der Waals surface area (Å²) in [7, 11) is 1.57. The number of carbonyl (C=O) groups excluding carboxylic acids is 1. The Bertz CT molecular complexity index is 962. The molecule has 0 fully saturated rings. The van der Waals surface area contributed by atoms with Crippen LogP contribution in [0, 0.1) is 12.7 Å². The number of nitrogens with one attached hydrogen (secondary N) is 1. The van der Waals surface area contributed by atoms with Crippen LogP contribution in [0.15, 0.2) is 47.6 Å². The molecule has 0 aliphatic carbocycles. The third-order valence-corrected chi connectivity index (χ3v) is 4.82. The number of benzene rings is 2. The molecule has 0 aliphatic heterocycles. The Kier molecular flexibility index (Phi) is 5.70. The number of rotatable bonds is 6. The number of hydrogen-bond acceptors (Lipinski definition) is 6. The van der Waals surface area contributed by atoms with Crippen molar-refractivity contribution in [3.05, 3.63) is 53.8 Å². The largest absolute Gasteiger partial charge is 0.494 e. The first-order chi connectivity index (χ1) is 13.0. The van der Waals surface area contributed by atoms with Crippen molar-refractivity contribution in [3.8, 4) is 11.4 Å². The molecule has 1 unspecified atom stereocenters. The Labute approximate surface area is 159 Å². The minimum Gasteiger partial charge on any atom is -0.494 e. The second-order valence-corrected chi connectivity index (χ2v) is 7.09. The van der Waals surface area contributed by atoms with Gasteiger partial charge in [0, 0.05) is 0 Å². The number of thioether (sulfide) groups is 1. The van der Waals surface area contributed by atoms with E-state index in [0.717, 1.165) is 5.56 Å². The van der Waals surface area contributed by atoms with Crippen molar-refractivity contribution in [3.63, 3.8) is 0 Å². The summed E-state index contributed by atoms with van der Waals surface area (Å²) in [5.41, 5.74) is 1.82. The number of ether oxygens (including phenoxy) is 1. The fraction of sp³-hybridized carbons (Fsp3) is 0.222. The monoisotopic (exact) mass is 387 g/mol. The van der Waals surface area contributed by atoms with Crippen molar-refractivity contribution in [2.75, 3.05) is 12.4 Å². The van der Waals surface area contributed by atoms with Crippen molar-refractivity contribution in [1.29, 1.82) is 0 Å². The van der Waals surface area contributed by atoms with Crippen molar-refractivity contribution in [2.45, 2.75) is 24.3 Å². The Balaban J connectivity index is 1.79. The highest BCUT2D eigenvalue weighted by Crippen LogP contribution is 2.29. The topological polar surface area (TPSA) is 81.9 Å². The standard InChI is InChI=1S/C18H18FN5O2S/c1-11-8-9-16(26-3)15(10-11)24-18(21-22-23-24)27-12(2)17(25)20-14-7-5-4-6-13(14)19/h4-10,12H,1-3H3,(H,20,25). The van der Waals surface area contributed by atoms with Gasteiger partial charge in [-0.1, -0.05) is 30.0 Å². The van der Waals surface area contributed by atoms with Crippen molar-refractivity contribution in [1.82, 2.24) is 20.2 Å². The van der Waals surface area contributed by atoms with Crippen molar-refractivity contribution < 1.29 is 13.9 Å². The van der Waals surface area contributed by atoms with Crippen LogP contribution in [0.1, 0.15) is 12.5 Å². The highest BCUT2D eigenvalue weighted by molar-refractivity contribution is 8.00. The number of amides is 1. The second kappa shape index (κ2) is 8.17. The van der Waals surface area contributed by atoms with Crippen LogP contribution in [-0.2, 0) is 4.79 Å². The fourth-order valence-corrected chi connectivity index (χ4v) is 3.18. The molecule has 3 rings (SSSR count). The van der Waals surface area contributed by atoms with Gasteiger partial charge in [-0.05, 0) is 54.1 Å². The molecule has 140 valence electrons. The van der Waals surface area contributed by atoms with Crippen LogP contribution in [0.5, 0.6) is 5.75 Å². The number of aromatic nitrogens is 4. The van der Waals surface area contributed by atoms with E-state index in [4.69, 9.17) is 4.74 Å². The molecule has 27 heavy (non-hydrogen) atoms. The smallest absolute Gasteiger partial charge is 0.237 e. The molecule has 1 atom stereocenters. The first kappa shape index (κ1) is 18.8. The van der Waals surface area contributed by atoms with E-state index in [2.05, 4.69) is 20.8 Å². The van der Waals surface area contributed by atoms with Gasteiger partial charge in [-0.15, -0.1) is 5.10 Å².